The third-order valence-electron chi connectivity index (χ3n) is 4.19. The Kier molecular flexibility index (Phi) is 4.82. The topological polar surface area (TPSA) is 15.3 Å². The summed E-state index contributed by atoms with van der Waals surface area (Å²) in [4.78, 5) is 2.62. The van der Waals surface area contributed by atoms with E-state index in [1.165, 1.54) is 24.9 Å². The minimum absolute atomic E-state index is 0.505. The van der Waals surface area contributed by atoms with E-state index in [0.717, 1.165) is 4.47 Å². The number of piperidine rings is 1. The molecule has 1 heterocycles. The summed E-state index contributed by atoms with van der Waals surface area (Å²) in [5.74, 6) is 0. The van der Waals surface area contributed by atoms with Gasteiger partial charge in [-0.15, -0.1) is 0 Å². The summed E-state index contributed by atoms with van der Waals surface area (Å²) in [6.07, 6.45) is 2.50. The van der Waals surface area contributed by atoms with Crippen molar-refractivity contribution >= 4 is 15.9 Å². The minimum atomic E-state index is 0.505. The Morgan fingerprint density at radius 3 is 2.56 bits per heavy atom. The number of likely N-dealkylation sites (tertiary alicyclic amines) is 1. The van der Waals surface area contributed by atoms with Crippen LogP contribution in [0.1, 0.15) is 38.3 Å². The average molecular weight is 311 g/mol. The molecule has 0 amide bonds. The molecule has 100 valence electrons. The fourth-order valence-corrected chi connectivity index (χ4v) is 3.22. The van der Waals surface area contributed by atoms with Crippen LogP contribution in [0.3, 0.4) is 0 Å². The van der Waals surface area contributed by atoms with Gasteiger partial charge in [0.05, 0.1) is 0 Å². The van der Waals surface area contributed by atoms with Crippen molar-refractivity contribution in [2.45, 2.75) is 44.8 Å². The van der Waals surface area contributed by atoms with Crippen LogP contribution in [0.2, 0.25) is 0 Å². The highest BCUT2D eigenvalue weighted by Crippen LogP contribution is 2.28. The second-order valence-corrected chi connectivity index (χ2v) is 6.24. The molecule has 3 atom stereocenters. The Bertz CT molecular complexity index is 377. The van der Waals surface area contributed by atoms with E-state index in [1.807, 2.05) is 0 Å². The van der Waals surface area contributed by atoms with Gasteiger partial charge in [-0.05, 0) is 51.4 Å². The van der Waals surface area contributed by atoms with Gasteiger partial charge in [-0.3, -0.25) is 4.90 Å². The molecule has 0 radical (unpaired) electrons. The molecule has 1 aliphatic heterocycles. The van der Waals surface area contributed by atoms with Crippen molar-refractivity contribution in [1.82, 2.24) is 10.2 Å². The number of halogens is 1. The van der Waals surface area contributed by atoms with Crippen molar-refractivity contribution in [2.24, 2.45) is 0 Å². The van der Waals surface area contributed by atoms with Crippen LogP contribution in [0.15, 0.2) is 28.7 Å². The molecule has 1 aromatic carbocycles. The summed E-state index contributed by atoms with van der Waals surface area (Å²) in [5, 5.41) is 3.41. The molecule has 0 aromatic heterocycles. The molecule has 18 heavy (non-hydrogen) atoms. The number of hydrogen-bond acceptors (Lipinski definition) is 2. The zero-order valence-corrected chi connectivity index (χ0v) is 13.1. The van der Waals surface area contributed by atoms with Crippen molar-refractivity contribution in [3.63, 3.8) is 0 Å². The monoisotopic (exact) mass is 310 g/mol. The van der Waals surface area contributed by atoms with E-state index in [-0.39, 0.29) is 0 Å². The van der Waals surface area contributed by atoms with Crippen molar-refractivity contribution < 1.29 is 0 Å². The zero-order valence-electron chi connectivity index (χ0n) is 11.5. The smallest absolute Gasteiger partial charge is 0.0322 e. The largest absolute Gasteiger partial charge is 0.317 e. The van der Waals surface area contributed by atoms with Gasteiger partial charge in [-0.25, -0.2) is 0 Å². The third-order valence-corrected chi connectivity index (χ3v) is 4.71. The van der Waals surface area contributed by atoms with Crippen molar-refractivity contribution in [2.75, 3.05) is 13.6 Å². The van der Waals surface area contributed by atoms with Crippen LogP contribution in [0.5, 0.6) is 0 Å². The standard InChI is InChI=1S/C15H23BrN2/c1-11-10-15(17-3)8-9-18(11)12(2)13-4-6-14(16)7-5-13/h4-7,11-12,15,17H,8-10H2,1-3H3. The van der Waals surface area contributed by atoms with Crippen LogP contribution in [0.25, 0.3) is 0 Å². The van der Waals surface area contributed by atoms with Crippen LogP contribution in [-0.4, -0.2) is 30.6 Å². The molecule has 1 fully saturated rings. The van der Waals surface area contributed by atoms with Crippen LogP contribution in [-0.2, 0) is 0 Å². The van der Waals surface area contributed by atoms with Gasteiger partial charge in [-0.2, -0.15) is 0 Å². The Morgan fingerprint density at radius 1 is 1.33 bits per heavy atom. The van der Waals surface area contributed by atoms with Gasteiger partial charge in [0.2, 0.25) is 0 Å². The van der Waals surface area contributed by atoms with E-state index >= 15 is 0 Å². The molecule has 0 bridgehead atoms. The highest BCUT2D eigenvalue weighted by molar-refractivity contribution is 9.10. The maximum absolute atomic E-state index is 3.50. The summed E-state index contributed by atoms with van der Waals surface area (Å²) in [5.41, 5.74) is 1.41. The van der Waals surface area contributed by atoms with Gasteiger partial charge in [0.1, 0.15) is 0 Å². The van der Waals surface area contributed by atoms with Gasteiger partial charge in [-0.1, -0.05) is 28.1 Å². The van der Waals surface area contributed by atoms with Crippen molar-refractivity contribution in [3.8, 4) is 0 Å². The first-order valence-electron chi connectivity index (χ1n) is 6.80. The summed E-state index contributed by atoms with van der Waals surface area (Å²) < 4.78 is 1.15. The lowest BCUT2D eigenvalue weighted by Crippen LogP contribution is -2.47. The molecule has 1 N–H and O–H groups in total. The lowest BCUT2D eigenvalue weighted by atomic mass is 9.95. The summed E-state index contributed by atoms with van der Waals surface area (Å²) in [6.45, 7) is 5.85. The second kappa shape index (κ2) is 6.18. The molecule has 3 unspecified atom stereocenters. The quantitative estimate of drug-likeness (QED) is 0.918. The molecule has 1 saturated heterocycles. The first-order chi connectivity index (χ1) is 8.61. The fraction of sp³-hybridized carbons (Fsp3) is 0.600. The van der Waals surface area contributed by atoms with Gasteiger partial charge in [0.25, 0.3) is 0 Å². The van der Waals surface area contributed by atoms with Gasteiger partial charge < -0.3 is 5.32 Å². The number of rotatable bonds is 3. The van der Waals surface area contributed by atoms with E-state index in [0.29, 0.717) is 18.1 Å². The van der Waals surface area contributed by atoms with E-state index in [1.54, 1.807) is 0 Å². The molecule has 1 aromatic rings. The Hall–Kier alpha value is -0.380. The first kappa shape index (κ1) is 14.0. The van der Waals surface area contributed by atoms with Crippen LogP contribution >= 0.6 is 15.9 Å². The lowest BCUT2D eigenvalue weighted by Gasteiger charge is -2.41. The predicted octanol–water partition coefficient (Wildman–Crippen LogP) is 3.58. The summed E-state index contributed by atoms with van der Waals surface area (Å²) >= 11 is 3.50. The second-order valence-electron chi connectivity index (χ2n) is 5.32. The maximum atomic E-state index is 3.50. The molecular formula is C15H23BrN2. The molecule has 0 aliphatic carbocycles. The summed E-state index contributed by atoms with van der Waals surface area (Å²) in [7, 11) is 2.07. The highest BCUT2D eigenvalue weighted by atomic mass is 79.9. The predicted molar refractivity (Wildman–Crippen MR) is 80.8 cm³/mol. The molecule has 2 nitrogen and oxygen atoms in total. The summed E-state index contributed by atoms with van der Waals surface area (Å²) in [6, 6.07) is 10.6. The van der Waals surface area contributed by atoms with Crippen LogP contribution < -0.4 is 5.32 Å². The van der Waals surface area contributed by atoms with Gasteiger partial charge in [0.15, 0.2) is 0 Å². The van der Waals surface area contributed by atoms with E-state index in [2.05, 4.69) is 71.3 Å². The van der Waals surface area contributed by atoms with E-state index < -0.39 is 0 Å². The number of hydrogen-bond donors (Lipinski definition) is 1. The Balaban J connectivity index is 2.05. The fourth-order valence-electron chi connectivity index (χ4n) is 2.96. The molecule has 3 heteroatoms. The number of nitrogens with zero attached hydrogens (tertiary/aromatic N) is 1. The average Bonchev–Trinajstić information content (AvgIpc) is 2.38. The Morgan fingerprint density at radius 2 is 2.00 bits per heavy atom. The van der Waals surface area contributed by atoms with Crippen molar-refractivity contribution in [3.05, 3.63) is 34.3 Å². The lowest BCUT2D eigenvalue weighted by molar-refractivity contribution is 0.0974. The van der Waals surface area contributed by atoms with Crippen LogP contribution in [0, 0.1) is 0 Å². The molecule has 1 aliphatic rings. The molecular weight excluding hydrogens is 288 g/mol. The molecule has 0 saturated carbocycles. The molecule has 0 spiro atoms. The normalized spacial score (nSPS) is 27.1. The van der Waals surface area contributed by atoms with Gasteiger partial charge in [0, 0.05) is 29.1 Å². The number of nitrogens with one attached hydrogen (secondary N) is 1. The highest BCUT2D eigenvalue weighted by Gasteiger charge is 2.28. The minimum Gasteiger partial charge on any atom is -0.317 e. The Labute approximate surface area is 119 Å². The maximum Gasteiger partial charge on any atom is 0.0322 e. The van der Waals surface area contributed by atoms with Crippen LogP contribution in [0.4, 0.5) is 0 Å². The zero-order chi connectivity index (χ0) is 13.1. The first-order valence-corrected chi connectivity index (χ1v) is 7.59. The SMILES string of the molecule is CNC1CCN(C(C)c2ccc(Br)cc2)C(C)C1. The van der Waals surface area contributed by atoms with Crippen molar-refractivity contribution in [1.29, 1.82) is 0 Å². The van der Waals surface area contributed by atoms with Gasteiger partial charge >= 0.3 is 0 Å². The molecule has 2 rings (SSSR count). The van der Waals surface area contributed by atoms with E-state index in [4.69, 9.17) is 0 Å². The number of benzene rings is 1. The third kappa shape index (κ3) is 3.14. The van der Waals surface area contributed by atoms with E-state index in [9.17, 15) is 0 Å².